The number of rotatable bonds is 5. The number of β-amino-alcohol motifs (C(OH)–C–C–N with tert-alkyl or cyclic N) is 1. The van der Waals surface area contributed by atoms with E-state index in [0.29, 0.717) is 23.7 Å². The van der Waals surface area contributed by atoms with Gasteiger partial charge in [0.25, 0.3) is 0 Å². The predicted molar refractivity (Wildman–Crippen MR) is 94.5 cm³/mol. The highest BCUT2D eigenvalue weighted by molar-refractivity contribution is 6.31. The van der Waals surface area contributed by atoms with Crippen molar-refractivity contribution in [3.63, 3.8) is 0 Å². The second-order valence-electron chi connectivity index (χ2n) is 6.20. The van der Waals surface area contributed by atoms with Gasteiger partial charge in [0.05, 0.1) is 6.10 Å². The zero-order chi connectivity index (χ0) is 16.9. The van der Waals surface area contributed by atoms with Crippen LogP contribution in [0.1, 0.15) is 17.2 Å². The Morgan fingerprint density at radius 1 is 0.958 bits per heavy atom. The van der Waals surface area contributed by atoms with Gasteiger partial charge in [-0.3, -0.25) is 9.80 Å². The lowest BCUT2D eigenvalue weighted by Crippen LogP contribution is -2.47. The van der Waals surface area contributed by atoms with Crippen LogP contribution in [0, 0.1) is 5.82 Å². The third-order valence-electron chi connectivity index (χ3n) is 4.52. The lowest BCUT2D eigenvalue weighted by Gasteiger charge is -2.35. The lowest BCUT2D eigenvalue weighted by molar-refractivity contribution is 0.0698. The van der Waals surface area contributed by atoms with Crippen molar-refractivity contribution in [1.29, 1.82) is 0 Å². The van der Waals surface area contributed by atoms with Gasteiger partial charge in [0, 0.05) is 49.9 Å². The van der Waals surface area contributed by atoms with Gasteiger partial charge in [0.1, 0.15) is 5.82 Å². The first-order valence-electron chi connectivity index (χ1n) is 8.24. The molecule has 1 N–H and O–H groups in total. The topological polar surface area (TPSA) is 26.7 Å². The summed E-state index contributed by atoms with van der Waals surface area (Å²) in [5.74, 6) is -0.246. The molecule has 0 radical (unpaired) electrons. The van der Waals surface area contributed by atoms with Gasteiger partial charge < -0.3 is 5.11 Å². The highest BCUT2D eigenvalue weighted by Crippen LogP contribution is 2.22. The number of aliphatic hydroxyl groups is 1. The summed E-state index contributed by atoms with van der Waals surface area (Å²) >= 11 is 6.10. The van der Waals surface area contributed by atoms with Gasteiger partial charge in [-0.15, -0.1) is 0 Å². The highest BCUT2D eigenvalue weighted by atomic mass is 35.5. The predicted octanol–water partition coefficient (Wildman–Crippen LogP) is 3.33. The summed E-state index contributed by atoms with van der Waals surface area (Å²) in [7, 11) is 0. The summed E-state index contributed by atoms with van der Waals surface area (Å²) in [6.07, 6.45) is -0.473. The maximum Gasteiger partial charge on any atom is 0.129 e. The number of piperazine rings is 1. The molecule has 0 aliphatic carbocycles. The summed E-state index contributed by atoms with van der Waals surface area (Å²) in [6.45, 7) is 4.54. The standard InChI is InChI=1S/C19H22ClFN2O/c20-17-7-4-8-18(21)16(17)13-22-9-11-23(12-10-22)14-19(24)15-5-2-1-3-6-15/h1-8,19,24H,9-14H2/t19-/m0/s1. The Morgan fingerprint density at radius 3 is 2.29 bits per heavy atom. The summed E-state index contributed by atoms with van der Waals surface area (Å²) in [4.78, 5) is 4.45. The first-order valence-corrected chi connectivity index (χ1v) is 8.62. The fourth-order valence-corrected chi connectivity index (χ4v) is 3.28. The Morgan fingerprint density at radius 2 is 1.62 bits per heavy atom. The van der Waals surface area contributed by atoms with E-state index in [1.807, 2.05) is 30.3 Å². The van der Waals surface area contributed by atoms with Gasteiger partial charge in [-0.05, 0) is 17.7 Å². The molecule has 1 aliphatic rings. The molecule has 0 bridgehead atoms. The van der Waals surface area contributed by atoms with E-state index in [0.717, 1.165) is 31.7 Å². The minimum Gasteiger partial charge on any atom is -0.387 e. The van der Waals surface area contributed by atoms with E-state index in [2.05, 4.69) is 9.80 Å². The Bertz CT molecular complexity index is 639. The SMILES string of the molecule is O[C@@H](CN1CCN(Cc2c(F)cccc2Cl)CC1)c1ccccc1. The van der Waals surface area contributed by atoms with Crippen molar-refractivity contribution in [1.82, 2.24) is 9.80 Å². The van der Waals surface area contributed by atoms with Crippen LogP contribution in [0.4, 0.5) is 4.39 Å². The normalized spacial score (nSPS) is 17.8. The molecule has 2 aromatic carbocycles. The van der Waals surface area contributed by atoms with Crippen LogP contribution in [0.25, 0.3) is 0 Å². The minimum absolute atomic E-state index is 0.246. The summed E-state index contributed by atoms with van der Waals surface area (Å²) in [5.41, 5.74) is 1.51. The van der Waals surface area contributed by atoms with Gasteiger partial charge >= 0.3 is 0 Å². The molecule has 3 nitrogen and oxygen atoms in total. The van der Waals surface area contributed by atoms with Crippen molar-refractivity contribution in [2.24, 2.45) is 0 Å². The molecule has 5 heteroatoms. The Hall–Kier alpha value is -1.46. The third-order valence-corrected chi connectivity index (χ3v) is 4.88. The van der Waals surface area contributed by atoms with Gasteiger partial charge in [0.2, 0.25) is 0 Å². The molecule has 0 spiro atoms. The average Bonchev–Trinajstić information content (AvgIpc) is 2.60. The molecule has 0 unspecified atom stereocenters. The van der Waals surface area contributed by atoms with Crippen LogP contribution in [0.15, 0.2) is 48.5 Å². The molecule has 0 saturated carbocycles. The number of hydrogen-bond acceptors (Lipinski definition) is 3. The molecule has 24 heavy (non-hydrogen) atoms. The Balaban J connectivity index is 1.51. The van der Waals surface area contributed by atoms with E-state index in [9.17, 15) is 9.50 Å². The van der Waals surface area contributed by atoms with Gasteiger partial charge in [-0.25, -0.2) is 4.39 Å². The monoisotopic (exact) mass is 348 g/mol. The minimum atomic E-state index is -0.473. The van der Waals surface area contributed by atoms with Crippen LogP contribution in [-0.2, 0) is 6.54 Å². The zero-order valence-electron chi connectivity index (χ0n) is 13.5. The number of halogens is 2. The van der Waals surface area contributed by atoms with Crippen molar-refractivity contribution in [2.75, 3.05) is 32.7 Å². The highest BCUT2D eigenvalue weighted by Gasteiger charge is 2.21. The third kappa shape index (κ3) is 4.33. The molecule has 1 atom stereocenters. The Kier molecular flexibility index (Phi) is 5.85. The zero-order valence-corrected chi connectivity index (χ0v) is 14.3. The maximum atomic E-state index is 13.9. The summed E-state index contributed by atoms with van der Waals surface area (Å²) in [5, 5.41) is 10.8. The largest absolute Gasteiger partial charge is 0.387 e. The van der Waals surface area contributed by atoms with Crippen molar-refractivity contribution < 1.29 is 9.50 Å². The first-order chi connectivity index (χ1) is 11.6. The van der Waals surface area contributed by atoms with Gasteiger partial charge in [-0.1, -0.05) is 48.0 Å². The smallest absolute Gasteiger partial charge is 0.129 e. The maximum absolute atomic E-state index is 13.9. The molecule has 1 heterocycles. The van der Waals surface area contributed by atoms with Crippen LogP contribution in [-0.4, -0.2) is 47.6 Å². The van der Waals surface area contributed by atoms with Crippen LogP contribution >= 0.6 is 11.6 Å². The van der Waals surface area contributed by atoms with Gasteiger partial charge in [0.15, 0.2) is 0 Å². The van der Waals surface area contributed by atoms with Crippen molar-refractivity contribution >= 4 is 11.6 Å². The number of hydrogen-bond donors (Lipinski definition) is 1. The molecule has 0 aromatic heterocycles. The summed E-state index contributed by atoms with van der Waals surface area (Å²) in [6, 6.07) is 14.5. The van der Waals surface area contributed by atoms with Crippen LogP contribution in [0.2, 0.25) is 5.02 Å². The molecule has 0 amide bonds. The average molecular weight is 349 g/mol. The second kappa shape index (κ2) is 8.08. The van der Waals surface area contributed by atoms with E-state index >= 15 is 0 Å². The fraction of sp³-hybridized carbons (Fsp3) is 0.368. The van der Waals surface area contributed by atoms with E-state index in [1.165, 1.54) is 6.07 Å². The number of benzene rings is 2. The van der Waals surface area contributed by atoms with E-state index in [-0.39, 0.29) is 5.82 Å². The first kappa shape index (κ1) is 17.4. The van der Waals surface area contributed by atoms with Crippen molar-refractivity contribution in [3.8, 4) is 0 Å². The molecular formula is C19H22ClFN2O. The van der Waals surface area contributed by atoms with E-state index < -0.39 is 6.10 Å². The number of nitrogens with zero attached hydrogens (tertiary/aromatic N) is 2. The van der Waals surface area contributed by atoms with E-state index in [1.54, 1.807) is 12.1 Å². The molecule has 3 rings (SSSR count). The van der Waals surface area contributed by atoms with E-state index in [4.69, 9.17) is 11.6 Å². The lowest BCUT2D eigenvalue weighted by atomic mass is 10.1. The van der Waals surface area contributed by atoms with Crippen molar-refractivity contribution in [2.45, 2.75) is 12.6 Å². The van der Waals surface area contributed by atoms with Crippen molar-refractivity contribution in [3.05, 3.63) is 70.5 Å². The molecular weight excluding hydrogens is 327 g/mol. The molecule has 1 fully saturated rings. The quantitative estimate of drug-likeness (QED) is 0.897. The second-order valence-corrected chi connectivity index (χ2v) is 6.61. The molecule has 128 valence electrons. The fourth-order valence-electron chi connectivity index (χ4n) is 3.06. The summed E-state index contributed by atoms with van der Waals surface area (Å²) < 4.78 is 13.9. The van der Waals surface area contributed by atoms with Gasteiger partial charge in [-0.2, -0.15) is 0 Å². The molecule has 2 aromatic rings. The van der Waals surface area contributed by atoms with Crippen LogP contribution in [0.3, 0.4) is 0 Å². The Labute approximate surface area is 147 Å². The van der Waals surface area contributed by atoms with Crippen LogP contribution in [0.5, 0.6) is 0 Å². The number of aliphatic hydroxyl groups excluding tert-OH is 1. The molecule has 1 aliphatic heterocycles. The molecule has 1 saturated heterocycles. The van der Waals surface area contributed by atoms with Crippen LogP contribution < -0.4 is 0 Å².